The van der Waals surface area contributed by atoms with E-state index in [1.807, 2.05) is 19.2 Å². The first-order valence-corrected chi connectivity index (χ1v) is 27.3. The molecule has 6 bridgehead atoms. The zero-order valence-corrected chi connectivity index (χ0v) is 42.9. The van der Waals surface area contributed by atoms with Crippen molar-refractivity contribution in [1.29, 1.82) is 0 Å². The van der Waals surface area contributed by atoms with Crippen molar-refractivity contribution in [3.8, 4) is 11.3 Å². The number of methoxy groups -OCH3 is 1. The smallest absolute Gasteiger partial charge is 0.259 e. The van der Waals surface area contributed by atoms with E-state index in [0.717, 1.165) is 105 Å². The van der Waals surface area contributed by atoms with E-state index >= 15 is 9.59 Å². The summed E-state index contributed by atoms with van der Waals surface area (Å²) in [5.41, 5.74) is 9.39. The number of aryl methyl sites for hydroxylation is 1. The number of morpholine rings is 1. The van der Waals surface area contributed by atoms with Crippen LogP contribution in [0.3, 0.4) is 0 Å². The Morgan fingerprint density at radius 2 is 1.83 bits per heavy atom. The molecular formula is C55H79N9O7. The molecule has 9 atom stereocenters. The number of aliphatic hydroxyl groups is 1. The fourth-order valence-corrected chi connectivity index (χ4v) is 13.7. The van der Waals surface area contributed by atoms with E-state index in [9.17, 15) is 9.90 Å². The molecular weight excluding hydrogens is 899 g/mol. The van der Waals surface area contributed by atoms with Crippen molar-refractivity contribution >= 4 is 34.3 Å². The average Bonchev–Trinajstić information content (AvgIpc) is 4.19. The number of nitrogens with one attached hydrogen (secondary N) is 3. The number of likely N-dealkylation sites (tertiary alicyclic amines) is 2. The van der Waals surface area contributed by atoms with Crippen molar-refractivity contribution in [1.82, 2.24) is 40.4 Å². The number of carbonyl (C=O) groups is 3. The minimum Gasteiger partial charge on any atom is -0.375 e. The van der Waals surface area contributed by atoms with E-state index < -0.39 is 23.8 Å². The summed E-state index contributed by atoms with van der Waals surface area (Å²) in [6, 6.07) is 9.52. The van der Waals surface area contributed by atoms with E-state index in [4.69, 9.17) is 19.2 Å². The van der Waals surface area contributed by atoms with Gasteiger partial charge in [0, 0.05) is 99.2 Å². The maximum atomic E-state index is 15.2. The second-order valence-electron chi connectivity index (χ2n) is 23.5. The Morgan fingerprint density at radius 1 is 1.01 bits per heavy atom. The molecule has 8 heterocycles. The van der Waals surface area contributed by atoms with Crippen LogP contribution >= 0.6 is 0 Å². The summed E-state index contributed by atoms with van der Waals surface area (Å²) >= 11 is 0. The molecule has 16 heteroatoms. The van der Waals surface area contributed by atoms with E-state index in [1.165, 1.54) is 18.4 Å². The summed E-state index contributed by atoms with van der Waals surface area (Å²) in [6.45, 7) is 14.9. The molecule has 7 fully saturated rings. The van der Waals surface area contributed by atoms with Gasteiger partial charge in [0.25, 0.3) is 5.91 Å². The molecule has 2 saturated carbocycles. The topological polar surface area (TPSA) is 176 Å². The summed E-state index contributed by atoms with van der Waals surface area (Å²) in [5.74, 6) is 0.810. The van der Waals surface area contributed by atoms with Crippen LogP contribution in [0, 0.1) is 22.7 Å². The number of hydrazine groups is 1. The second kappa shape index (κ2) is 19.9. The van der Waals surface area contributed by atoms with Gasteiger partial charge in [-0.05, 0) is 131 Å². The minimum absolute atomic E-state index is 0.0177. The molecule has 386 valence electrons. The van der Waals surface area contributed by atoms with Crippen LogP contribution in [-0.4, -0.2) is 156 Å². The third-order valence-corrected chi connectivity index (χ3v) is 17.8. The zero-order valence-electron chi connectivity index (χ0n) is 42.9. The third-order valence-electron chi connectivity index (χ3n) is 17.8. The Balaban J connectivity index is 0.890. The van der Waals surface area contributed by atoms with Gasteiger partial charge in [0.2, 0.25) is 11.8 Å². The summed E-state index contributed by atoms with van der Waals surface area (Å²) in [5, 5.41) is 21.4. The van der Waals surface area contributed by atoms with Crippen molar-refractivity contribution in [2.24, 2.45) is 22.7 Å². The summed E-state index contributed by atoms with van der Waals surface area (Å²) < 4.78 is 21.2. The molecule has 2 aliphatic carbocycles. The van der Waals surface area contributed by atoms with Crippen LogP contribution in [-0.2, 0) is 41.6 Å². The molecule has 16 nitrogen and oxygen atoms in total. The lowest BCUT2D eigenvalue weighted by Crippen LogP contribution is -2.63. The summed E-state index contributed by atoms with van der Waals surface area (Å²) in [6.07, 6.45) is 10.9. The lowest BCUT2D eigenvalue weighted by atomic mass is 9.84. The largest absolute Gasteiger partial charge is 0.375 e. The van der Waals surface area contributed by atoms with Crippen LogP contribution in [0.15, 0.2) is 36.5 Å². The molecule has 1 aromatic carbocycles. The predicted octanol–water partition coefficient (Wildman–Crippen LogP) is 5.16. The molecule has 2 aromatic heterocycles. The highest BCUT2D eigenvalue weighted by molar-refractivity contribution is 5.95. The van der Waals surface area contributed by atoms with Crippen LogP contribution in [0.4, 0.5) is 5.69 Å². The highest BCUT2D eigenvalue weighted by Crippen LogP contribution is 2.46. The number of ether oxygens (including phenoxy) is 3. The van der Waals surface area contributed by atoms with Crippen LogP contribution in [0.5, 0.6) is 0 Å². The second-order valence-corrected chi connectivity index (χ2v) is 23.5. The van der Waals surface area contributed by atoms with E-state index in [1.54, 1.807) is 12.1 Å². The summed E-state index contributed by atoms with van der Waals surface area (Å²) in [4.78, 5) is 55.6. The standard InChI is InChI=1S/C55H79N9O7/c1-6-63-44-18-17-37-27-40(44)41(49(63)39-13-9-21-56-45(39)34(2)69-5)29-54(3,4)33-71-53(68)42-14-10-22-64(59-42)51(66)43(28-38-30-60(37)25-26-70-38)57-50(65)48(36-11-7-8-12-36)61-23-19-55(31-61)20-24-62(32-55)52(67)47-46(58-47)35-15-16-35/h9,13,17-18,21,27,34-36,38,42-43,46-48,53,58-59,68H,6-8,10-12,14-16,19-20,22-26,28-33H2,1-5H3,(H,57,65)/t34-,38-,42-,43-,46+,47+,48-,53?,55-/m0/s1. The molecule has 3 amide bonds. The van der Waals surface area contributed by atoms with Crippen molar-refractivity contribution in [3.63, 3.8) is 0 Å². The van der Waals surface area contributed by atoms with Crippen LogP contribution in [0.25, 0.3) is 22.2 Å². The average molecular weight is 978 g/mol. The predicted molar refractivity (Wildman–Crippen MR) is 271 cm³/mol. The van der Waals surface area contributed by atoms with Crippen LogP contribution in [0.1, 0.15) is 116 Å². The van der Waals surface area contributed by atoms with Gasteiger partial charge >= 0.3 is 0 Å². The zero-order chi connectivity index (χ0) is 49.2. The van der Waals surface area contributed by atoms with Crippen molar-refractivity contribution < 1.29 is 33.7 Å². The highest BCUT2D eigenvalue weighted by Gasteiger charge is 2.55. The Bertz CT molecular complexity index is 2450. The fraction of sp³-hybridized carbons (Fsp3) is 0.709. The normalized spacial score (nSPS) is 31.6. The number of carbonyl (C=O) groups excluding carboxylic acids is 3. The number of hydrogen-bond donors (Lipinski definition) is 4. The Kier molecular flexibility index (Phi) is 13.8. The number of aliphatic hydroxyl groups excluding tert-OH is 1. The number of pyridine rings is 1. The first-order chi connectivity index (χ1) is 34.3. The lowest BCUT2D eigenvalue weighted by molar-refractivity contribution is -0.165. The van der Waals surface area contributed by atoms with E-state index in [-0.39, 0.29) is 60.0 Å². The molecule has 1 spiro atoms. The van der Waals surface area contributed by atoms with E-state index in [2.05, 4.69) is 80.4 Å². The number of anilines is 1. The Hall–Kier alpha value is -4.16. The monoisotopic (exact) mass is 978 g/mol. The van der Waals surface area contributed by atoms with Gasteiger partial charge in [0.1, 0.15) is 12.1 Å². The van der Waals surface area contributed by atoms with Crippen molar-refractivity contribution in [3.05, 3.63) is 47.8 Å². The maximum Gasteiger partial charge on any atom is 0.259 e. The van der Waals surface area contributed by atoms with Gasteiger partial charge in [-0.15, -0.1) is 0 Å². The molecule has 8 aliphatic rings. The molecule has 3 aromatic rings. The van der Waals surface area contributed by atoms with E-state index in [0.29, 0.717) is 63.9 Å². The first kappa shape index (κ1) is 49.1. The molecule has 71 heavy (non-hydrogen) atoms. The number of hydrogen-bond acceptors (Lipinski definition) is 12. The highest BCUT2D eigenvalue weighted by atomic mass is 16.6. The quantitative estimate of drug-likeness (QED) is 0.197. The molecule has 0 radical (unpaired) electrons. The Labute approximate surface area is 419 Å². The first-order valence-electron chi connectivity index (χ1n) is 27.3. The van der Waals surface area contributed by atoms with Gasteiger partial charge in [-0.1, -0.05) is 26.7 Å². The third kappa shape index (κ3) is 9.88. The number of fused-ring (bicyclic) bond motifs is 6. The number of nitrogens with zero attached hydrogens (tertiary/aromatic N) is 6. The summed E-state index contributed by atoms with van der Waals surface area (Å²) in [7, 11) is 1.72. The van der Waals surface area contributed by atoms with Crippen molar-refractivity contribution in [2.75, 3.05) is 71.0 Å². The van der Waals surface area contributed by atoms with Crippen molar-refractivity contribution in [2.45, 2.75) is 160 Å². The fourth-order valence-electron chi connectivity index (χ4n) is 13.7. The maximum absolute atomic E-state index is 15.2. The Morgan fingerprint density at radius 3 is 2.62 bits per heavy atom. The van der Waals surface area contributed by atoms with Gasteiger partial charge in [-0.25, -0.2) is 5.43 Å². The molecule has 11 rings (SSSR count). The number of aromatic nitrogens is 2. The van der Waals surface area contributed by atoms with Gasteiger partial charge in [0.05, 0.1) is 48.9 Å². The SMILES string of the molecule is CCn1c(-c2cccnc2[C@H](C)OC)c2c3cc(ccc31)N1CCO[C@@H](C[C@H](NC(=O)[C@H](C3CCCC3)N3CC[C@]4(CCN(C(=O)[C@@H]5N[C@@H]5C5CC5)C4)C3)C(=O)N3CCC[C@H](N3)C(O)OCC(C)(C)C2)C1. The molecule has 4 N–H and O–H groups in total. The molecule has 6 aliphatic heterocycles. The van der Waals surface area contributed by atoms with Gasteiger partial charge in [-0.2, -0.15) is 0 Å². The minimum atomic E-state index is -1.17. The number of benzene rings is 1. The van der Waals surface area contributed by atoms with Crippen LogP contribution < -0.4 is 21.0 Å². The molecule has 5 saturated heterocycles. The van der Waals surface area contributed by atoms with Gasteiger partial charge < -0.3 is 39.0 Å². The number of amides is 3. The van der Waals surface area contributed by atoms with Crippen LogP contribution in [0.2, 0.25) is 0 Å². The van der Waals surface area contributed by atoms with Gasteiger partial charge in [-0.3, -0.25) is 34.6 Å². The number of rotatable bonds is 10. The molecule has 1 unspecified atom stereocenters. The lowest BCUT2D eigenvalue weighted by Gasteiger charge is -2.40. The van der Waals surface area contributed by atoms with Gasteiger partial charge in [0.15, 0.2) is 6.29 Å².